The number of rotatable bonds is 14. The maximum atomic E-state index is 11.3. The molecule has 0 aromatic heterocycles. The molecule has 0 radical (unpaired) electrons. The highest BCUT2D eigenvalue weighted by Crippen LogP contribution is 2.51. The third kappa shape index (κ3) is 8.01. The van der Waals surface area contributed by atoms with E-state index in [1.54, 1.807) is 6.08 Å². The first-order valence-electron chi connectivity index (χ1n) is 11.5. The van der Waals surface area contributed by atoms with E-state index in [0.717, 1.165) is 19.3 Å². The topological polar surface area (TPSA) is 119 Å². The number of unbranched alkanes of at least 4 members (excludes halogenated alkanes) is 3. The first-order valence-corrected chi connectivity index (χ1v) is 11.5. The number of aliphatic carboxylic acids is 1. The van der Waals surface area contributed by atoms with Crippen LogP contribution in [0, 0.1) is 27.9 Å². The van der Waals surface area contributed by atoms with Gasteiger partial charge in [-0.3, -0.25) is 14.9 Å². The van der Waals surface area contributed by atoms with Gasteiger partial charge in [-0.15, -0.1) is 0 Å². The largest absolute Gasteiger partial charge is 0.481 e. The van der Waals surface area contributed by atoms with Gasteiger partial charge in [-0.25, -0.2) is 0 Å². The molecule has 0 aromatic rings. The van der Waals surface area contributed by atoms with Gasteiger partial charge < -0.3 is 19.7 Å². The Morgan fingerprint density at radius 2 is 2.00 bits per heavy atom. The van der Waals surface area contributed by atoms with Crippen molar-refractivity contribution in [3.63, 3.8) is 0 Å². The molecule has 4 atom stereocenters. The van der Waals surface area contributed by atoms with Crippen LogP contribution in [0.1, 0.15) is 64.7 Å². The van der Waals surface area contributed by atoms with Gasteiger partial charge in [0.05, 0.1) is 19.3 Å². The first-order chi connectivity index (χ1) is 14.9. The molecule has 2 N–H and O–H groups in total. The first kappa shape index (κ1) is 25.5. The maximum Gasteiger partial charge on any atom is 0.303 e. The Morgan fingerprint density at radius 1 is 1.26 bits per heavy atom. The number of ether oxygens (including phenoxy) is 2. The van der Waals surface area contributed by atoms with Crippen molar-refractivity contribution in [3.8, 4) is 0 Å². The molecule has 8 nitrogen and oxygen atoms in total. The van der Waals surface area contributed by atoms with E-state index in [1.165, 1.54) is 0 Å². The second kappa shape index (κ2) is 12.9. The zero-order chi connectivity index (χ0) is 22.7. The van der Waals surface area contributed by atoms with Crippen LogP contribution in [-0.4, -0.2) is 52.8 Å². The highest BCUT2D eigenvalue weighted by atomic mass is 16.7. The summed E-state index contributed by atoms with van der Waals surface area (Å²) in [7, 11) is 0. The quantitative estimate of drug-likeness (QED) is 0.182. The smallest absolute Gasteiger partial charge is 0.303 e. The zero-order valence-electron chi connectivity index (χ0n) is 18.5. The van der Waals surface area contributed by atoms with Crippen LogP contribution in [0.2, 0.25) is 0 Å². The lowest BCUT2D eigenvalue weighted by atomic mass is 9.85. The fourth-order valence-electron chi connectivity index (χ4n) is 4.77. The van der Waals surface area contributed by atoms with Gasteiger partial charge in [0.2, 0.25) is 6.54 Å². The fourth-order valence-corrected chi connectivity index (χ4v) is 4.77. The predicted molar refractivity (Wildman–Crippen MR) is 116 cm³/mol. The van der Waals surface area contributed by atoms with Crippen LogP contribution < -0.4 is 0 Å². The Bertz CT molecular complexity index is 627. The number of aliphatic hydroxyl groups is 1. The predicted octanol–water partition coefficient (Wildman–Crippen LogP) is 3.96. The molecule has 1 heterocycles. The molecule has 2 aliphatic rings. The minimum Gasteiger partial charge on any atom is -0.481 e. The SMILES string of the molecule is CCCCCC(O)/C=C/C1C(C[N+](=O)[O-])CC2(OCCO2)C1C/C=C/CCCC(=O)O. The summed E-state index contributed by atoms with van der Waals surface area (Å²) in [6, 6.07) is 0. The van der Waals surface area contributed by atoms with Gasteiger partial charge in [0.1, 0.15) is 0 Å². The monoisotopic (exact) mass is 439 g/mol. The molecular weight excluding hydrogens is 402 g/mol. The van der Waals surface area contributed by atoms with Crippen LogP contribution in [0.4, 0.5) is 0 Å². The lowest BCUT2D eigenvalue weighted by Gasteiger charge is -2.30. The van der Waals surface area contributed by atoms with E-state index in [4.69, 9.17) is 14.6 Å². The van der Waals surface area contributed by atoms with E-state index >= 15 is 0 Å². The van der Waals surface area contributed by atoms with E-state index in [2.05, 4.69) is 6.92 Å². The molecule has 31 heavy (non-hydrogen) atoms. The Hall–Kier alpha value is -1.77. The van der Waals surface area contributed by atoms with Gasteiger partial charge in [-0.2, -0.15) is 0 Å². The summed E-state index contributed by atoms with van der Waals surface area (Å²) in [4.78, 5) is 21.7. The van der Waals surface area contributed by atoms with E-state index in [9.17, 15) is 20.0 Å². The minimum absolute atomic E-state index is 0.0882. The average molecular weight is 440 g/mol. The van der Waals surface area contributed by atoms with Crippen molar-refractivity contribution in [2.45, 2.75) is 76.6 Å². The average Bonchev–Trinajstić information content (AvgIpc) is 3.27. The summed E-state index contributed by atoms with van der Waals surface area (Å²) in [5.41, 5.74) is 0. The molecule has 0 bridgehead atoms. The van der Waals surface area contributed by atoms with Gasteiger partial charge in [0.15, 0.2) is 5.79 Å². The van der Waals surface area contributed by atoms with Gasteiger partial charge >= 0.3 is 5.97 Å². The van der Waals surface area contributed by atoms with Crippen molar-refractivity contribution in [3.05, 3.63) is 34.4 Å². The molecule has 0 amide bonds. The minimum atomic E-state index is -0.825. The molecule has 4 unspecified atom stereocenters. The zero-order valence-corrected chi connectivity index (χ0v) is 18.5. The van der Waals surface area contributed by atoms with Crippen molar-refractivity contribution in [2.75, 3.05) is 19.8 Å². The summed E-state index contributed by atoms with van der Waals surface area (Å²) in [6.07, 6.45) is 13.4. The van der Waals surface area contributed by atoms with E-state index in [1.807, 2.05) is 18.2 Å². The third-order valence-electron chi connectivity index (χ3n) is 6.26. The van der Waals surface area contributed by atoms with Crippen LogP contribution in [0.3, 0.4) is 0 Å². The van der Waals surface area contributed by atoms with Gasteiger partial charge in [0.25, 0.3) is 0 Å². The standard InChI is InChI=1S/C23H37NO7/c1-2-3-6-9-19(25)12-13-20-18(17-24(28)29)16-23(30-14-15-31-23)21(20)10-7-4-5-8-11-22(26)27/h4,7,12-13,18-21,25H,2-3,5-6,8-11,14-17H2,1H3,(H,26,27)/b7-4+,13-12+. The van der Waals surface area contributed by atoms with Crippen molar-refractivity contribution in [2.24, 2.45) is 17.8 Å². The summed E-state index contributed by atoms with van der Waals surface area (Å²) in [6.45, 7) is 2.90. The number of nitrogens with zero attached hydrogens (tertiary/aromatic N) is 1. The van der Waals surface area contributed by atoms with Crippen molar-refractivity contribution in [1.82, 2.24) is 0 Å². The van der Waals surface area contributed by atoms with Crippen LogP contribution in [0.15, 0.2) is 24.3 Å². The summed E-state index contributed by atoms with van der Waals surface area (Å²) >= 11 is 0. The Balaban J connectivity index is 2.10. The fraction of sp³-hybridized carbons (Fsp3) is 0.783. The van der Waals surface area contributed by atoms with Gasteiger partial charge in [-0.1, -0.05) is 50.5 Å². The van der Waals surface area contributed by atoms with Crippen LogP contribution in [0.5, 0.6) is 0 Å². The molecule has 1 aliphatic heterocycles. The summed E-state index contributed by atoms with van der Waals surface area (Å²) < 4.78 is 12.0. The summed E-state index contributed by atoms with van der Waals surface area (Å²) in [5.74, 6) is -2.07. The number of aliphatic hydroxyl groups excluding tert-OH is 1. The summed E-state index contributed by atoms with van der Waals surface area (Å²) in [5, 5.41) is 30.4. The molecule has 2 rings (SSSR count). The third-order valence-corrected chi connectivity index (χ3v) is 6.26. The molecule has 176 valence electrons. The maximum absolute atomic E-state index is 11.3. The lowest BCUT2D eigenvalue weighted by Crippen LogP contribution is -2.36. The number of carboxylic acids is 1. The lowest BCUT2D eigenvalue weighted by molar-refractivity contribution is -0.489. The number of hydrogen-bond acceptors (Lipinski definition) is 6. The second-order valence-corrected chi connectivity index (χ2v) is 8.61. The number of allylic oxidation sites excluding steroid dienone is 3. The highest BCUT2D eigenvalue weighted by molar-refractivity contribution is 5.66. The van der Waals surface area contributed by atoms with Gasteiger partial charge in [0, 0.05) is 29.6 Å². The normalized spacial score (nSPS) is 26.3. The molecule has 2 fully saturated rings. The Labute approximate surface area is 184 Å². The Morgan fingerprint density at radius 3 is 2.65 bits per heavy atom. The molecule has 1 saturated carbocycles. The van der Waals surface area contributed by atoms with E-state index in [-0.39, 0.29) is 35.6 Å². The second-order valence-electron chi connectivity index (χ2n) is 8.61. The van der Waals surface area contributed by atoms with Crippen LogP contribution in [0.25, 0.3) is 0 Å². The van der Waals surface area contributed by atoms with Crippen molar-refractivity contribution >= 4 is 5.97 Å². The number of carbonyl (C=O) groups is 1. The molecule has 0 aromatic carbocycles. The number of nitro groups is 1. The molecule has 8 heteroatoms. The van der Waals surface area contributed by atoms with Crippen LogP contribution >= 0.6 is 0 Å². The van der Waals surface area contributed by atoms with E-state index < -0.39 is 17.9 Å². The number of hydrogen-bond donors (Lipinski definition) is 2. The van der Waals surface area contributed by atoms with Crippen molar-refractivity contribution < 1.29 is 29.4 Å². The van der Waals surface area contributed by atoms with Crippen LogP contribution in [-0.2, 0) is 14.3 Å². The van der Waals surface area contributed by atoms with Crippen molar-refractivity contribution in [1.29, 1.82) is 0 Å². The highest BCUT2D eigenvalue weighted by Gasteiger charge is 2.57. The number of carboxylic acid groups (broad SMARTS) is 1. The Kier molecular flexibility index (Phi) is 10.6. The van der Waals surface area contributed by atoms with E-state index in [0.29, 0.717) is 45.3 Å². The molecule has 1 aliphatic carbocycles. The van der Waals surface area contributed by atoms with Gasteiger partial charge in [-0.05, 0) is 31.6 Å². The molecule has 1 spiro atoms. The molecule has 1 saturated heterocycles. The molecular formula is C23H37NO7.